The number of benzene rings is 1. The number of ether oxygens (including phenoxy) is 2. The van der Waals surface area contributed by atoms with E-state index in [1.165, 1.54) is 25.3 Å². The third-order valence-corrected chi connectivity index (χ3v) is 4.09. The summed E-state index contributed by atoms with van der Waals surface area (Å²) < 4.78 is 9.82. The van der Waals surface area contributed by atoms with E-state index >= 15 is 0 Å². The van der Waals surface area contributed by atoms with Crippen LogP contribution in [0.3, 0.4) is 0 Å². The average molecular weight is 307 g/mol. The van der Waals surface area contributed by atoms with Gasteiger partial charge in [-0.2, -0.15) is 0 Å². The van der Waals surface area contributed by atoms with E-state index in [1.807, 2.05) is 0 Å². The van der Waals surface area contributed by atoms with Crippen molar-refractivity contribution in [3.05, 3.63) is 29.3 Å². The predicted molar refractivity (Wildman–Crippen MR) is 79.9 cm³/mol. The van der Waals surface area contributed by atoms with Crippen LogP contribution < -0.4 is 5.32 Å². The van der Waals surface area contributed by atoms with Crippen molar-refractivity contribution in [2.45, 2.75) is 19.3 Å². The zero-order valence-corrected chi connectivity index (χ0v) is 12.8. The van der Waals surface area contributed by atoms with Gasteiger partial charge < -0.3 is 19.9 Å². The first kappa shape index (κ1) is 16.3. The van der Waals surface area contributed by atoms with Gasteiger partial charge in [-0.15, -0.1) is 0 Å². The molecule has 0 atom stereocenters. The smallest absolute Gasteiger partial charge is 0.338 e. The van der Waals surface area contributed by atoms with Gasteiger partial charge in [-0.25, -0.2) is 4.79 Å². The zero-order valence-electron chi connectivity index (χ0n) is 12.8. The van der Waals surface area contributed by atoms with E-state index in [0.29, 0.717) is 13.2 Å². The van der Waals surface area contributed by atoms with Crippen LogP contribution >= 0.6 is 0 Å². The molecule has 1 saturated carbocycles. The SMILES string of the molecule is COCC1(CNC(=O)c2cc(O)cc(C(=O)OC)c2)CCC1. The molecule has 2 rings (SSSR count). The molecule has 0 heterocycles. The quantitative estimate of drug-likeness (QED) is 0.782. The first-order valence-electron chi connectivity index (χ1n) is 7.19. The van der Waals surface area contributed by atoms with Gasteiger partial charge in [-0.3, -0.25) is 4.79 Å². The highest BCUT2D eigenvalue weighted by Gasteiger charge is 2.37. The van der Waals surface area contributed by atoms with Gasteiger partial charge in [-0.1, -0.05) is 6.42 Å². The van der Waals surface area contributed by atoms with Crippen LogP contribution in [0.5, 0.6) is 5.75 Å². The minimum Gasteiger partial charge on any atom is -0.508 e. The molecule has 0 aliphatic heterocycles. The molecule has 0 bridgehead atoms. The largest absolute Gasteiger partial charge is 0.508 e. The monoisotopic (exact) mass is 307 g/mol. The summed E-state index contributed by atoms with van der Waals surface area (Å²) in [5.74, 6) is -1.08. The molecule has 0 unspecified atom stereocenters. The van der Waals surface area contributed by atoms with Gasteiger partial charge in [-0.05, 0) is 31.0 Å². The maximum absolute atomic E-state index is 12.2. The van der Waals surface area contributed by atoms with Crippen LogP contribution in [-0.4, -0.2) is 44.4 Å². The Bertz CT molecular complexity index is 566. The number of aromatic hydroxyl groups is 1. The first-order valence-corrected chi connectivity index (χ1v) is 7.19. The highest BCUT2D eigenvalue weighted by Crippen LogP contribution is 2.40. The Hall–Kier alpha value is -2.08. The summed E-state index contributed by atoms with van der Waals surface area (Å²) in [6, 6.07) is 4.00. The molecule has 2 N–H and O–H groups in total. The topological polar surface area (TPSA) is 84.9 Å². The minimum atomic E-state index is -0.597. The van der Waals surface area contributed by atoms with Gasteiger partial charge in [0.05, 0.1) is 19.3 Å². The van der Waals surface area contributed by atoms with Crippen molar-refractivity contribution in [2.75, 3.05) is 27.4 Å². The maximum Gasteiger partial charge on any atom is 0.338 e. The van der Waals surface area contributed by atoms with Gasteiger partial charge in [0.1, 0.15) is 5.75 Å². The molecule has 22 heavy (non-hydrogen) atoms. The molecule has 0 saturated heterocycles. The van der Waals surface area contributed by atoms with Crippen LogP contribution in [0.2, 0.25) is 0 Å². The highest BCUT2D eigenvalue weighted by molar-refractivity contribution is 5.98. The van der Waals surface area contributed by atoms with E-state index in [1.54, 1.807) is 7.11 Å². The molecule has 1 aliphatic carbocycles. The lowest BCUT2D eigenvalue weighted by Gasteiger charge is -2.41. The molecule has 1 amide bonds. The standard InChI is InChI=1S/C16H21NO5/c1-21-10-16(4-3-5-16)9-17-14(19)11-6-12(15(20)22-2)8-13(18)7-11/h6-8,18H,3-5,9-10H2,1-2H3,(H,17,19). The summed E-state index contributed by atoms with van der Waals surface area (Å²) >= 11 is 0. The van der Waals surface area contributed by atoms with Crippen LogP contribution in [0.25, 0.3) is 0 Å². The first-order chi connectivity index (χ1) is 10.5. The fraction of sp³-hybridized carbons (Fsp3) is 0.500. The fourth-order valence-corrected chi connectivity index (χ4v) is 2.70. The third-order valence-electron chi connectivity index (χ3n) is 4.09. The van der Waals surface area contributed by atoms with Crippen molar-refractivity contribution >= 4 is 11.9 Å². The molecule has 0 spiro atoms. The molecule has 6 heteroatoms. The molecule has 1 fully saturated rings. The van der Waals surface area contributed by atoms with Gasteiger partial charge in [0, 0.05) is 24.6 Å². The molecule has 1 aliphatic rings. The predicted octanol–water partition coefficient (Wildman–Crippen LogP) is 1.73. The molecular weight excluding hydrogens is 286 g/mol. The summed E-state index contributed by atoms with van der Waals surface area (Å²) in [5, 5.41) is 12.5. The summed E-state index contributed by atoms with van der Waals surface area (Å²) in [6.07, 6.45) is 3.18. The number of amides is 1. The normalized spacial score (nSPS) is 15.7. The van der Waals surface area contributed by atoms with E-state index in [2.05, 4.69) is 10.1 Å². The number of carbonyl (C=O) groups is 2. The zero-order chi connectivity index (χ0) is 16.2. The highest BCUT2D eigenvalue weighted by atomic mass is 16.5. The lowest BCUT2D eigenvalue weighted by molar-refractivity contribution is 0.0180. The number of hydrogen-bond acceptors (Lipinski definition) is 5. The molecular formula is C16H21NO5. The van der Waals surface area contributed by atoms with E-state index in [0.717, 1.165) is 19.3 Å². The Kier molecular flexibility index (Phi) is 5.03. The fourth-order valence-electron chi connectivity index (χ4n) is 2.70. The Balaban J connectivity index is 2.06. The van der Waals surface area contributed by atoms with E-state index in [-0.39, 0.29) is 28.2 Å². The van der Waals surface area contributed by atoms with Gasteiger partial charge >= 0.3 is 5.97 Å². The lowest BCUT2D eigenvalue weighted by Crippen LogP contribution is -2.45. The van der Waals surface area contributed by atoms with E-state index in [9.17, 15) is 14.7 Å². The number of methoxy groups -OCH3 is 2. The number of rotatable bonds is 6. The number of esters is 1. The summed E-state index contributed by atoms with van der Waals surface area (Å²) in [5.41, 5.74) is 0.377. The number of phenols is 1. The molecule has 6 nitrogen and oxygen atoms in total. The summed E-state index contributed by atoms with van der Waals surface area (Å²) in [4.78, 5) is 23.8. The van der Waals surface area contributed by atoms with Gasteiger partial charge in [0.15, 0.2) is 0 Å². The number of hydrogen-bond donors (Lipinski definition) is 2. The Morgan fingerprint density at radius 3 is 2.45 bits per heavy atom. The van der Waals surface area contributed by atoms with Crippen LogP contribution in [0.15, 0.2) is 18.2 Å². The van der Waals surface area contributed by atoms with Crippen molar-refractivity contribution in [3.63, 3.8) is 0 Å². The second kappa shape index (κ2) is 6.79. The average Bonchev–Trinajstić information content (AvgIpc) is 2.47. The second-order valence-corrected chi connectivity index (χ2v) is 5.73. The molecule has 0 radical (unpaired) electrons. The number of nitrogens with one attached hydrogen (secondary N) is 1. The van der Waals surface area contributed by atoms with Crippen molar-refractivity contribution in [1.29, 1.82) is 0 Å². The van der Waals surface area contributed by atoms with Crippen LogP contribution in [0.1, 0.15) is 40.0 Å². The van der Waals surface area contributed by atoms with E-state index < -0.39 is 5.97 Å². The molecule has 1 aromatic carbocycles. The summed E-state index contributed by atoms with van der Waals surface area (Å²) in [6.45, 7) is 1.13. The summed E-state index contributed by atoms with van der Waals surface area (Å²) in [7, 11) is 2.90. The third kappa shape index (κ3) is 3.57. The van der Waals surface area contributed by atoms with Crippen molar-refractivity contribution < 1.29 is 24.2 Å². The maximum atomic E-state index is 12.2. The Morgan fingerprint density at radius 2 is 1.91 bits per heavy atom. The Morgan fingerprint density at radius 1 is 1.23 bits per heavy atom. The minimum absolute atomic E-state index is 0.00636. The van der Waals surface area contributed by atoms with Crippen LogP contribution in [0.4, 0.5) is 0 Å². The van der Waals surface area contributed by atoms with E-state index in [4.69, 9.17) is 4.74 Å². The van der Waals surface area contributed by atoms with Gasteiger partial charge in [0.25, 0.3) is 5.91 Å². The number of carbonyl (C=O) groups excluding carboxylic acids is 2. The van der Waals surface area contributed by atoms with Crippen molar-refractivity contribution in [1.82, 2.24) is 5.32 Å². The van der Waals surface area contributed by atoms with Crippen LogP contribution in [-0.2, 0) is 9.47 Å². The van der Waals surface area contributed by atoms with Crippen molar-refractivity contribution in [2.24, 2.45) is 5.41 Å². The second-order valence-electron chi connectivity index (χ2n) is 5.73. The number of phenolic OH excluding ortho intramolecular Hbond substituents is 1. The van der Waals surface area contributed by atoms with Crippen molar-refractivity contribution in [3.8, 4) is 5.75 Å². The molecule has 1 aromatic rings. The lowest BCUT2D eigenvalue weighted by atomic mass is 9.69. The van der Waals surface area contributed by atoms with Crippen LogP contribution in [0, 0.1) is 5.41 Å². The molecule has 0 aromatic heterocycles. The Labute approximate surface area is 129 Å². The molecule has 120 valence electrons. The van der Waals surface area contributed by atoms with Gasteiger partial charge in [0.2, 0.25) is 0 Å².